The first-order chi connectivity index (χ1) is 8.70. The lowest BCUT2D eigenvalue weighted by molar-refractivity contribution is -0.125. The quantitative estimate of drug-likeness (QED) is 0.900. The van der Waals surface area contributed by atoms with E-state index in [1.54, 1.807) is 11.3 Å². The number of carbonyl (C=O) groups excluding carboxylic acids is 1. The molecular formula is C14H17NO2S. The van der Waals surface area contributed by atoms with Gasteiger partial charge < -0.3 is 10.1 Å². The van der Waals surface area contributed by atoms with Crippen molar-refractivity contribution in [1.82, 2.24) is 5.32 Å². The second kappa shape index (κ2) is 5.98. The summed E-state index contributed by atoms with van der Waals surface area (Å²) in [5, 5.41) is 6.38. The van der Waals surface area contributed by atoms with Crippen molar-refractivity contribution < 1.29 is 9.53 Å². The van der Waals surface area contributed by atoms with Gasteiger partial charge in [0.1, 0.15) is 6.61 Å². The van der Waals surface area contributed by atoms with Crippen molar-refractivity contribution >= 4 is 27.3 Å². The van der Waals surface area contributed by atoms with Gasteiger partial charge in [-0.3, -0.25) is 4.79 Å². The minimum atomic E-state index is -0.0652. The largest absolute Gasteiger partial charge is 0.375 e. The summed E-state index contributed by atoms with van der Waals surface area (Å²) >= 11 is 1.75. The maximum absolute atomic E-state index is 11.4. The van der Waals surface area contributed by atoms with Gasteiger partial charge in [-0.2, -0.15) is 0 Å². The molecule has 0 saturated heterocycles. The van der Waals surface area contributed by atoms with E-state index in [2.05, 4.69) is 22.8 Å². The Labute approximate surface area is 111 Å². The monoisotopic (exact) mass is 263 g/mol. The molecule has 0 radical (unpaired) electrons. The molecule has 0 aliphatic rings. The third-order valence-electron chi connectivity index (χ3n) is 2.77. The third-order valence-corrected chi connectivity index (χ3v) is 3.78. The molecule has 1 N–H and O–H groups in total. The topological polar surface area (TPSA) is 38.3 Å². The van der Waals surface area contributed by atoms with Crippen molar-refractivity contribution in [1.29, 1.82) is 0 Å². The minimum Gasteiger partial charge on any atom is -0.375 e. The predicted molar refractivity (Wildman–Crippen MR) is 75.0 cm³/mol. The van der Waals surface area contributed by atoms with Gasteiger partial charge in [-0.1, -0.05) is 18.2 Å². The Morgan fingerprint density at radius 1 is 1.44 bits per heavy atom. The number of fused-ring (bicyclic) bond motifs is 1. The number of nitrogens with one attached hydrogen (secondary N) is 1. The molecule has 1 amide bonds. The van der Waals surface area contributed by atoms with Crippen molar-refractivity contribution in [3.63, 3.8) is 0 Å². The lowest BCUT2D eigenvalue weighted by Crippen LogP contribution is -2.36. The lowest BCUT2D eigenvalue weighted by Gasteiger charge is -2.13. The smallest absolute Gasteiger partial charge is 0.246 e. The van der Waals surface area contributed by atoms with Crippen molar-refractivity contribution in [3.8, 4) is 0 Å². The molecule has 1 aromatic carbocycles. The average Bonchev–Trinajstić information content (AvgIpc) is 2.73. The Bertz CT molecular complexity index is 535. The van der Waals surface area contributed by atoms with E-state index in [4.69, 9.17) is 4.74 Å². The highest BCUT2D eigenvalue weighted by Gasteiger charge is 2.10. The number of methoxy groups -OCH3 is 1. The van der Waals surface area contributed by atoms with Crippen LogP contribution in [0.1, 0.15) is 12.5 Å². The molecule has 3 nitrogen and oxygen atoms in total. The van der Waals surface area contributed by atoms with Crippen LogP contribution in [0.2, 0.25) is 0 Å². The summed E-state index contributed by atoms with van der Waals surface area (Å²) in [5.41, 5.74) is 1.29. The second-order valence-electron chi connectivity index (χ2n) is 4.36. The number of hydrogen-bond donors (Lipinski definition) is 1. The highest BCUT2D eigenvalue weighted by molar-refractivity contribution is 7.17. The molecule has 4 heteroatoms. The SMILES string of the molecule is COCC(=O)N[C@@H](C)Cc1csc2ccccc12. The standard InChI is InChI=1S/C14H17NO2S/c1-10(15-14(16)8-17-2)7-11-9-18-13-6-4-3-5-12(11)13/h3-6,9-10H,7-8H2,1-2H3,(H,15,16)/t10-/m0/s1. The van der Waals surface area contributed by atoms with Crippen LogP contribution in [0.4, 0.5) is 0 Å². The summed E-state index contributed by atoms with van der Waals surface area (Å²) in [5.74, 6) is -0.0652. The van der Waals surface area contributed by atoms with E-state index in [-0.39, 0.29) is 18.6 Å². The van der Waals surface area contributed by atoms with Crippen LogP contribution >= 0.6 is 11.3 Å². The summed E-state index contributed by atoms with van der Waals surface area (Å²) < 4.78 is 6.09. The molecule has 0 fully saturated rings. The number of benzene rings is 1. The molecule has 2 aromatic rings. The van der Waals surface area contributed by atoms with Crippen LogP contribution < -0.4 is 5.32 Å². The molecule has 0 spiro atoms. The Kier molecular flexibility index (Phi) is 4.33. The maximum atomic E-state index is 11.4. The van der Waals surface area contributed by atoms with Crippen LogP contribution in [0.25, 0.3) is 10.1 Å². The minimum absolute atomic E-state index is 0.0652. The van der Waals surface area contributed by atoms with Gasteiger partial charge in [-0.15, -0.1) is 11.3 Å². The number of thiophene rings is 1. The first-order valence-electron chi connectivity index (χ1n) is 5.94. The molecule has 0 saturated carbocycles. The zero-order valence-electron chi connectivity index (χ0n) is 10.6. The van der Waals surface area contributed by atoms with Crippen LogP contribution in [0.5, 0.6) is 0 Å². The Morgan fingerprint density at radius 2 is 2.22 bits per heavy atom. The number of rotatable bonds is 5. The first kappa shape index (κ1) is 13.1. The average molecular weight is 263 g/mol. The van der Waals surface area contributed by atoms with Gasteiger partial charge in [0.2, 0.25) is 5.91 Å². The lowest BCUT2D eigenvalue weighted by atomic mass is 10.1. The van der Waals surface area contributed by atoms with E-state index in [9.17, 15) is 4.79 Å². The van der Waals surface area contributed by atoms with Crippen LogP contribution in [0, 0.1) is 0 Å². The third kappa shape index (κ3) is 3.09. The van der Waals surface area contributed by atoms with Crippen molar-refractivity contribution in [2.24, 2.45) is 0 Å². The molecule has 0 aliphatic heterocycles. The Morgan fingerprint density at radius 3 is 3.00 bits per heavy atom. The molecule has 2 rings (SSSR count). The van der Waals surface area contributed by atoms with Gasteiger partial charge >= 0.3 is 0 Å². The predicted octanol–water partition coefficient (Wildman–Crippen LogP) is 2.59. The van der Waals surface area contributed by atoms with Gasteiger partial charge in [0.25, 0.3) is 0 Å². The second-order valence-corrected chi connectivity index (χ2v) is 5.27. The number of amides is 1. The summed E-state index contributed by atoms with van der Waals surface area (Å²) in [4.78, 5) is 11.4. The maximum Gasteiger partial charge on any atom is 0.246 e. The zero-order valence-corrected chi connectivity index (χ0v) is 11.4. The zero-order chi connectivity index (χ0) is 13.0. The molecular weight excluding hydrogens is 246 g/mol. The van der Waals surface area contributed by atoms with Gasteiger partial charge in [0, 0.05) is 17.9 Å². The number of carbonyl (C=O) groups is 1. The fourth-order valence-corrected chi connectivity index (χ4v) is 3.00. The first-order valence-corrected chi connectivity index (χ1v) is 6.82. The van der Waals surface area contributed by atoms with E-state index >= 15 is 0 Å². The van der Waals surface area contributed by atoms with E-state index in [1.165, 1.54) is 22.8 Å². The van der Waals surface area contributed by atoms with Crippen LogP contribution in [0.15, 0.2) is 29.6 Å². The Balaban J connectivity index is 2.03. The molecule has 0 bridgehead atoms. The van der Waals surface area contributed by atoms with E-state index in [0.717, 1.165) is 6.42 Å². The summed E-state index contributed by atoms with van der Waals surface area (Å²) in [6, 6.07) is 8.47. The summed E-state index contributed by atoms with van der Waals surface area (Å²) in [6.07, 6.45) is 0.847. The highest BCUT2D eigenvalue weighted by atomic mass is 32.1. The van der Waals surface area contributed by atoms with Gasteiger partial charge in [-0.25, -0.2) is 0 Å². The van der Waals surface area contributed by atoms with Crippen molar-refractivity contribution in [2.75, 3.05) is 13.7 Å². The number of hydrogen-bond acceptors (Lipinski definition) is 3. The van der Waals surface area contributed by atoms with Gasteiger partial charge in [0.15, 0.2) is 0 Å². The summed E-state index contributed by atoms with van der Waals surface area (Å²) in [6.45, 7) is 2.13. The van der Waals surface area contributed by atoms with Gasteiger partial charge in [-0.05, 0) is 35.7 Å². The van der Waals surface area contributed by atoms with Gasteiger partial charge in [0.05, 0.1) is 0 Å². The normalized spacial score (nSPS) is 12.6. The van der Waals surface area contributed by atoms with Crippen LogP contribution in [-0.2, 0) is 16.0 Å². The van der Waals surface area contributed by atoms with E-state index < -0.39 is 0 Å². The fourth-order valence-electron chi connectivity index (χ4n) is 2.02. The molecule has 1 atom stereocenters. The Hall–Kier alpha value is -1.39. The molecule has 0 unspecified atom stereocenters. The molecule has 1 heterocycles. The molecule has 1 aromatic heterocycles. The molecule has 18 heavy (non-hydrogen) atoms. The van der Waals surface area contributed by atoms with Crippen LogP contribution in [0.3, 0.4) is 0 Å². The van der Waals surface area contributed by atoms with Crippen LogP contribution in [-0.4, -0.2) is 25.7 Å². The van der Waals surface area contributed by atoms with Crippen molar-refractivity contribution in [2.45, 2.75) is 19.4 Å². The van der Waals surface area contributed by atoms with Crippen molar-refractivity contribution in [3.05, 3.63) is 35.2 Å². The summed E-state index contributed by atoms with van der Waals surface area (Å²) in [7, 11) is 1.52. The highest BCUT2D eigenvalue weighted by Crippen LogP contribution is 2.26. The fraction of sp³-hybridized carbons (Fsp3) is 0.357. The molecule has 0 aliphatic carbocycles. The number of ether oxygens (including phenoxy) is 1. The van der Waals surface area contributed by atoms with E-state index in [1.807, 2.05) is 19.1 Å². The molecule has 96 valence electrons. The van der Waals surface area contributed by atoms with E-state index in [0.29, 0.717) is 0 Å².